The first-order valence-electron chi connectivity index (χ1n) is 3.00. The molecule has 0 spiro atoms. The van der Waals surface area contributed by atoms with Crippen LogP contribution in [-0.4, -0.2) is 26.0 Å². The number of aromatic carboxylic acids is 1. The number of carbonyl (C=O) groups is 1. The summed E-state index contributed by atoms with van der Waals surface area (Å²) in [7, 11) is 0. The van der Waals surface area contributed by atoms with Crippen molar-refractivity contribution in [3.8, 4) is 0 Å². The molecule has 0 aliphatic carbocycles. The lowest BCUT2D eigenvalue weighted by Crippen LogP contribution is -2.14. The quantitative estimate of drug-likeness (QED) is 0.466. The first kappa shape index (κ1) is 8.84. The van der Waals surface area contributed by atoms with Gasteiger partial charge in [0.15, 0.2) is 0 Å². The van der Waals surface area contributed by atoms with Crippen LogP contribution in [0.3, 0.4) is 0 Å². The summed E-state index contributed by atoms with van der Waals surface area (Å²) >= 11 is 0. The lowest BCUT2D eigenvalue weighted by Gasteiger charge is -1.92. The van der Waals surface area contributed by atoms with Gasteiger partial charge >= 0.3 is 17.5 Å². The van der Waals surface area contributed by atoms with Gasteiger partial charge in [-0.25, -0.2) is 9.78 Å². The fourth-order valence-electron chi connectivity index (χ4n) is 0.641. The van der Waals surface area contributed by atoms with Crippen LogP contribution in [0.4, 0.5) is 5.95 Å². The van der Waals surface area contributed by atoms with Crippen molar-refractivity contribution in [3.05, 3.63) is 32.2 Å². The Balaban J connectivity index is 3.35. The molecule has 0 saturated carbocycles. The molecule has 2 N–H and O–H groups in total. The van der Waals surface area contributed by atoms with Crippen LogP contribution in [0.1, 0.15) is 10.5 Å². The van der Waals surface area contributed by atoms with Crippen molar-refractivity contribution < 1.29 is 14.8 Å². The molecule has 0 fully saturated rings. The molecule has 0 aliphatic rings. The lowest BCUT2D eigenvalue weighted by molar-refractivity contribution is -0.394. The number of H-pyrrole nitrogens is 1. The molecule has 13 heavy (non-hydrogen) atoms. The SMILES string of the molecule is O=C(O)c1cc(=O)[nH]c([N+](=O)[O-])n1. The van der Waals surface area contributed by atoms with Crippen molar-refractivity contribution in [1.82, 2.24) is 9.97 Å². The number of hydrogen-bond acceptors (Lipinski definition) is 5. The van der Waals surface area contributed by atoms with E-state index in [2.05, 4.69) is 4.98 Å². The molecule has 1 rings (SSSR count). The monoisotopic (exact) mass is 185 g/mol. The third kappa shape index (κ3) is 1.86. The standard InChI is InChI=1S/C5H3N3O5/c9-3-1-2(4(10)11)6-5(7-3)8(12)13/h1H,(H,10,11)(H,6,7,9). The van der Waals surface area contributed by atoms with Crippen LogP contribution in [0.15, 0.2) is 10.9 Å². The van der Waals surface area contributed by atoms with Gasteiger partial charge in [0.05, 0.1) is 6.07 Å². The molecule has 0 unspecified atom stereocenters. The first-order valence-corrected chi connectivity index (χ1v) is 3.00. The summed E-state index contributed by atoms with van der Waals surface area (Å²) in [4.78, 5) is 34.9. The molecule has 68 valence electrons. The van der Waals surface area contributed by atoms with Crippen molar-refractivity contribution >= 4 is 11.9 Å². The van der Waals surface area contributed by atoms with E-state index >= 15 is 0 Å². The molecule has 8 nitrogen and oxygen atoms in total. The molecule has 0 aromatic carbocycles. The minimum absolute atomic E-state index is 0.657. The third-order valence-corrected chi connectivity index (χ3v) is 1.12. The van der Waals surface area contributed by atoms with E-state index in [-0.39, 0.29) is 0 Å². The minimum Gasteiger partial charge on any atom is -0.475 e. The Labute approximate surface area is 70.0 Å². The zero-order valence-corrected chi connectivity index (χ0v) is 6.05. The van der Waals surface area contributed by atoms with Crippen molar-refractivity contribution in [2.75, 3.05) is 0 Å². The van der Waals surface area contributed by atoms with Crippen LogP contribution < -0.4 is 5.56 Å². The second kappa shape index (κ2) is 3.01. The summed E-state index contributed by atoms with van der Waals surface area (Å²) in [6.45, 7) is 0. The first-order chi connectivity index (χ1) is 6.00. The number of aromatic amines is 1. The van der Waals surface area contributed by atoms with Crippen molar-refractivity contribution in [2.45, 2.75) is 0 Å². The summed E-state index contributed by atoms with van der Waals surface area (Å²) in [6, 6.07) is 0.662. The van der Waals surface area contributed by atoms with Crippen molar-refractivity contribution in [2.24, 2.45) is 0 Å². The predicted octanol–water partition coefficient (Wildman–Crippen LogP) is -0.624. The topological polar surface area (TPSA) is 126 Å². The molecule has 0 amide bonds. The molecule has 1 heterocycles. The normalized spacial score (nSPS) is 9.54. The van der Waals surface area contributed by atoms with Crippen LogP contribution in [0.2, 0.25) is 0 Å². The van der Waals surface area contributed by atoms with E-state index in [4.69, 9.17) is 5.11 Å². The van der Waals surface area contributed by atoms with Crippen LogP contribution in [0.5, 0.6) is 0 Å². The number of rotatable bonds is 2. The van der Waals surface area contributed by atoms with Gasteiger partial charge in [-0.2, -0.15) is 0 Å². The summed E-state index contributed by atoms with van der Waals surface area (Å²) in [5, 5.41) is 18.5. The van der Waals surface area contributed by atoms with Crippen LogP contribution in [-0.2, 0) is 0 Å². The number of nitro groups is 1. The molecule has 1 aromatic rings. The lowest BCUT2D eigenvalue weighted by atomic mass is 10.4. The molecular formula is C5H3N3O5. The van der Waals surface area contributed by atoms with E-state index in [1.165, 1.54) is 0 Å². The second-order valence-corrected chi connectivity index (χ2v) is 2.02. The number of aromatic nitrogens is 2. The van der Waals surface area contributed by atoms with Gasteiger partial charge < -0.3 is 15.2 Å². The molecule has 0 bridgehead atoms. The number of nitrogens with zero attached hydrogens (tertiary/aromatic N) is 2. The Kier molecular flexibility index (Phi) is 2.05. The van der Waals surface area contributed by atoms with Gasteiger partial charge in [0.1, 0.15) is 0 Å². The van der Waals surface area contributed by atoms with Gasteiger partial charge in [0.2, 0.25) is 5.69 Å². The largest absolute Gasteiger partial charge is 0.475 e. The van der Waals surface area contributed by atoms with Gasteiger partial charge in [-0.3, -0.25) is 4.79 Å². The average molecular weight is 185 g/mol. The number of carboxylic acids is 1. The van der Waals surface area contributed by atoms with E-state index in [9.17, 15) is 19.7 Å². The number of hydrogen-bond donors (Lipinski definition) is 2. The average Bonchev–Trinajstić information content (AvgIpc) is 2.03. The predicted molar refractivity (Wildman–Crippen MR) is 38.5 cm³/mol. The fraction of sp³-hybridized carbons (Fsp3) is 0. The molecule has 0 radical (unpaired) electrons. The van der Waals surface area contributed by atoms with Gasteiger partial charge in [-0.15, -0.1) is 0 Å². The summed E-state index contributed by atoms with van der Waals surface area (Å²) in [5.41, 5.74) is -1.53. The number of carboxylic acid groups (broad SMARTS) is 1. The van der Waals surface area contributed by atoms with Crippen LogP contribution >= 0.6 is 0 Å². The molecule has 1 aromatic heterocycles. The maximum Gasteiger partial charge on any atom is 0.435 e. The van der Waals surface area contributed by atoms with Gasteiger partial charge in [0.25, 0.3) is 0 Å². The Bertz CT molecular complexity index is 387. The summed E-state index contributed by atoms with van der Waals surface area (Å²) in [5.74, 6) is -2.38. The smallest absolute Gasteiger partial charge is 0.435 e. The molecule has 0 atom stereocenters. The molecule has 0 aliphatic heterocycles. The van der Waals surface area contributed by atoms with Gasteiger partial charge in [0, 0.05) is 0 Å². The van der Waals surface area contributed by atoms with Crippen LogP contribution in [0, 0.1) is 10.1 Å². The highest BCUT2D eigenvalue weighted by Gasteiger charge is 2.16. The summed E-state index contributed by atoms with van der Waals surface area (Å²) in [6.07, 6.45) is 0. The summed E-state index contributed by atoms with van der Waals surface area (Å²) < 4.78 is 0. The molecular weight excluding hydrogens is 182 g/mol. The van der Waals surface area contributed by atoms with E-state index in [1.54, 1.807) is 4.98 Å². The Morgan fingerprint density at radius 3 is 2.77 bits per heavy atom. The van der Waals surface area contributed by atoms with E-state index in [1.807, 2.05) is 0 Å². The minimum atomic E-state index is -1.49. The van der Waals surface area contributed by atoms with Crippen molar-refractivity contribution in [1.29, 1.82) is 0 Å². The second-order valence-electron chi connectivity index (χ2n) is 2.02. The van der Waals surface area contributed by atoms with E-state index in [0.717, 1.165) is 0 Å². The number of nitrogens with one attached hydrogen (secondary N) is 1. The van der Waals surface area contributed by atoms with Crippen LogP contribution in [0.25, 0.3) is 0 Å². The Morgan fingerprint density at radius 2 is 2.31 bits per heavy atom. The highest BCUT2D eigenvalue weighted by atomic mass is 16.6. The van der Waals surface area contributed by atoms with Gasteiger partial charge in [-0.05, 0) is 4.92 Å². The third-order valence-electron chi connectivity index (χ3n) is 1.12. The molecule has 0 saturated heterocycles. The van der Waals surface area contributed by atoms with Crippen molar-refractivity contribution in [3.63, 3.8) is 0 Å². The zero-order chi connectivity index (χ0) is 10.0. The molecule has 8 heteroatoms. The maximum atomic E-state index is 10.7. The Morgan fingerprint density at radius 1 is 1.69 bits per heavy atom. The Hall–Kier alpha value is -2.25. The highest BCUT2D eigenvalue weighted by Crippen LogP contribution is 1.99. The fourth-order valence-corrected chi connectivity index (χ4v) is 0.641. The van der Waals surface area contributed by atoms with E-state index in [0.29, 0.717) is 6.07 Å². The van der Waals surface area contributed by atoms with E-state index < -0.39 is 28.1 Å². The van der Waals surface area contributed by atoms with Gasteiger partial charge in [-0.1, -0.05) is 4.98 Å². The zero-order valence-electron chi connectivity index (χ0n) is 6.05. The highest BCUT2D eigenvalue weighted by molar-refractivity contribution is 5.85. The maximum absolute atomic E-state index is 10.7.